The summed E-state index contributed by atoms with van der Waals surface area (Å²) in [5.41, 5.74) is 2.95. The Bertz CT molecular complexity index is 672. The van der Waals surface area contributed by atoms with Gasteiger partial charge in [-0.05, 0) is 55.0 Å². The number of carbonyl (C=O) groups excluding carboxylic acids is 1. The highest BCUT2D eigenvalue weighted by Crippen LogP contribution is 2.23. The third kappa shape index (κ3) is 3.32. The lowest BCUT2D eigenvalue weighted by atomic mass is 9.94. The van der Waals surface area contributed by atoms with Crippen LogP contribution in [0.2, 0.25) is 0 Å². The van der Waals surface area contributed by atoms with E-state index in [9.17, 15) is 9.18 Å². The summed E-state index contributed by atoms with van der Waals surface area (Å²) in [7, 11) is 0. The highest BCUT2D eigenvalue weighted by molar-refractivity contribution is 5.62. The molecule has 2 heterocycles. The average Bonchev–Trinajstić information content (AvgIpc) is 2.55. The van der Waals surface area contributed by atoms with Crippen LogP contribution in [0.3, 0.4) is 0 Å². The minimum Gasteiger partial charge on any atom is -0.370 e. The highest BCUT2D eigenvalue weighted by Gasteiger charge is 2.14. The molecule has 0 bridgehead atoms. The van der Waals surface area contributed by atoms with Gasteiger partial charge in [-0.25, -0.2) is 9.37 Å². The van der Waals surface area contributed by atoms with Crippen LogP contribution in [0.5, 0.6) is 0 Å². The summed E-state index contributed by atoms with van der Waals surface area (Å²) in [4.78, 5) is 15.9. The van der Waals surface area contributed by atoms with Crippen molar-refractivity contribution in [3.63, 3.8) is 0 Å². The predicted octanol–water partition coefficient (Wildman–Crippen LogP) is 3.49. The number of pyridine rings is 1. The number of hydrogen-bond donors (Lipinski definition) is 1. The molecular formula is C18H19FN2O. The zero-order valence-corrected chi connectivity index (χ0v) is 12.4. The molecule has 4 heteroatoms. The third-order valence-electron chi connectivity index (χ3n) is 4.10. The van der Waals surface area contributed by atoms with Crippen LogP contribution in [0.4, 0.5) is 10.2 Å². The number of anilines is 1. The van der Waals surface area contributed by atoms with Crippen molar-refractivity contribution in [2.45, 2.75) is 31.6 Å². The first-order valence-corrected chi connectivity index (χ1v) is 7.69. The first kappa shape index (κ1) is 14.7. The summed E-state index contributed by atoms with van der Waals surface area (Å²) in [6.45, 7) is 0.962. The Morgan fingerprint density at radius 3 is 3.05 bits per heavy atom. The van der Waals surface area contributed by atoms with E-state index >= 15 is 0 Å². The van der Waals surface area contributed by atoms with Crippen LogP contribution in [0.1, 0.15) is 35.6 Å². The van der Waals surface area contributed by atoms with Gasteiger partial charge in [0, 0.05) is 18.2 Å². The van der Waals surface area contributed by atoms with Crippen LogP contribution >= 0.6 is 0 Å². The molecule has 1 aliphatic rings. The van der Waals surface area contributed by atoms with Gasteiger partial charge in [0.25, 0.3) is 0 Å². The summed E-state index contributed by atoms with van der Waals surface area (Å²) in [5, 5.41) is 3.31. The second-order valence-electron chi connectivity index (χ2n) is 5.68. The lowest BCUT2D eigenvalue weighted by molar-refractivity contribution is -0.109. The fourth-order valence-corrected chi connectivity index (χ4v) is 2.86. The van der Waals surface area contributed by atoms with Gasteiger partial charge in [0.2, 0.25) is 0 Å². The van der Waals surface area contributed by atoms with Gasteiger partial charge in [-0.15, -0.1) is 0 Å². The van der Waals surface area contributed by atoms with Crippen molar-refractivity contribution in [3.8, 4) is 0 Å². The van der Waals surface area contributed by atoms with Crippen LogP contribution in [-0.2, 0) is 17.6 Å². The molecule has 0 saturated carbocycles. The van der Waals surface area contributed by atoms with E-state index in [1.54, 1.807) is 12.1 Å². The van der Waals surface area contributed by atoms with Crippen molar-refractivity contribution in [1.82, 2.24) is 4.98 Å². The van der Waals surface area contributed by atoms with Crippen LogP contribution in [0.15, 0.2) is 36.4 Å². The van der Waals surface area contributed by atoms with Gasteiger partial charge in [-0.2, -0.15) is 0 Å². The molecule has 1 unspecified atom stereocenters. The average molecular weight is 298 g/mol. The highest BCUT2D eigenvalue weighted by atomic mass is 19.1. The number of rotatable bonds is 5. The summed E-state index contributed by atoms with van der Waals surface area (Å²) in [6.07, 6.45) is 4.44. The van der Waals surface area contributed by atoms with E-state index in [-0.39, 0.29) is 11.7 Å². The lowest BCUT2D eigenvalue weighted by Crippen LogP contribution is -2.14. The van der Waals surface area contributed by atoms with E-state index in [4.69, 9.17) is 0 Å². The quantitative estimate of drug-likeness (QED) is 0.859. The number of halogens is 1. The van der Waals surface area contributed by atoms with Crippen LogP contribution in [0.25, 0.3) is 0 Å². The molecule has 1 aromatic heterocycles. The minimum absolute atomic E-state index is 0.290. The SMILES string of the molecule is O=CC(CCc1ccc2c(n1)NCCC2)c1cccc(F)c1. The van der Waals surface area contributed by atoms with Gasteiger partial charge >= 0.3 is 0 Å². The first-order valence-electron chi connectivity index (χ1n) is 7.69. The number of aldehydes is 1. The Morgan fingerprint density at radius 2 is 2.23 bits per heavy atom. The zero-order chi connectivity index (χ0) is 15.4. The van der Waals surface area contributed by atoms with Gasteiger partial charge < -0.3 is 10.1 Å². The number of hydrogen-bond acceptors (Lipinski definition) is 3. The Morgan fingerprint density at radius 1 is 1.32 bits per heavy atom. The van der Waals surface area contributed by atoms with Crippen molar-refractivity contribution in [3.05, 3.63) is 59.0 Å². The van der Waals surface area contributed by atoms with E-state index < -0.39 is 0 Å². The van der Waals surface area contributed by atoms with Gasteiger partial charge in [0.1, 0.15) is 17.9 Å². The maximum Gasteiger partial charge on any atom is 0.129 e. The second-order valence-corrected chi connectivity index (χ2v) is 5.68. The Labute approximate surface area is 129 Å². The molecule has 1 N–H and O–H groups in total. The maximum atomic E-state index is 13.3. The number of aromatic nitrogens is 1. The van der Waals surface area contributed by atoms with E-state index in [2.05, 4.69) is 16.4 Å². The lowest BCUT2D eigenvalue weighted by Gasteiger charge is -2.18. The summed E-state index contributed by atoms with van der Waals surface area (Å²) < 4.78 is 13.3. The standard InChI is InChI=1S/C18H19FN2O/c19-16-5-1-3-14(11-16)15(12-22)7-9-17-8-6-13-4-2-10-20-18(13)21-17/h1,3,5-6,8,11-12,15H,2,4,7,9-10H2,(H,20,21). The van der Waals surface area contributed by atoms with Gasteiger partial charge in [0.05, 0.1) is 0 Å². The van der Waals surface area contributed by atoms with Crippen molar-refractivity contribution in [1.29, 1.82) is 0 Å². The summed E-state index contributed by atoms with van der Waals surface area (Å²) >= 11 is 0. The smallest absolute Gasteiger partial charge is 0.129 e. The molecule has 1 aromatic carbocycles. The molecule has 2 aromatic rings. The van der Waals surface area contributed by atoms with E-state index in [1.165, 1.54) is 17.7 Å². The van der Waals surface area contributed by atoms with E-state index in [0.717, 1.165) is 42.7 Å². The molecule has 0 spiro atoms. The Hall–Kier alpha value is -2.23. The topological polar surface area (TPSA) is 42.0 Å². The molecule has 3 rings (SSSR count). The van der Waals surface area contributed by atoms with Gasteiger partial charge in [-0.1, -0.05) is 18.2 Å². The monoisotopic (exact) mass is 298 g/mol. The number of benzene rings is 1. The fourth-order valence-electron chi connectivity index (χ4n) is 2.86. The number of nitrogens with zero attached hydrogens (tertiary/aromatic N) is 1. The molecule has 1 atom stereocenters. The molecule has 22 heavy (non-hydrogen) atoms. The number of fused-ring (bicyclic) bond motifs is 1. The van der Waals surface area contributed by atoms with Gasteiger partial charge in [0.15, 0.2) is 0 Å². The predicted molar refractivity (Wildman–Crippen MR) is 84.6 cm³/mol. The number of carbonyl (C=O) groups is 1. The van der Waals surface area contributed by atoms with E-state index in [1.807, 2.05) is 6.07 Å². The van der Waals surface area contributed by atoms with Crippen molar-refractivity contribution < 1.29 is 9.18 Å². The molecule has 1 aliphatic heterocycles. The summed E-state index contributed by atoms with van der Waals surface area (Å²) in [6, 6.07) is 10.4. The molecular weight excluding hydrogens is 279 g/mol. The summed E-state index contributed by atoms with van der Waals surface area (Å²) in [5.74, 6) is 0.374. The second kappa shape index (κ2) is 6.69. The zero-order valence-electron chi connectivity index (χ0n) is 12.4. The van der Waals surface area contributed by atoms with Crippen LogP contribution in [-0.4, -0.2) is 17.8 Å². The maximum absolute atomic E-state index is 13.3. The fraction of sp³-hybridized carbons (Fsp3) is 0.333. The Kier molecular flexibility index (Phi) is 4.47. The molecule has 3 nitrogen and oxygen atoms in total. The van der Waals surface area contributed by atoms with Gasteiger partial charge in [-0.3, -0.25) is 0 Å². The molecule has 0 radical (unpaired) electrons. The minimum atomic E-state index is -0.305. The van der Waals surface area contributed by atoms with Crippen molar-refractivity contribution >= 4 is 12.1 Å². The molecule has 0 amide bonds. The van der Waals surface area contributed by atoms with Crippen LogP contribution < -0.4 is 5.32 Å². The largest absolute Gasteiger partial charge is 0.370 e. The molecule has 0 aliphatic carbocycles. The first-order chi connectivity index (χ1) is 10.8. The van der Waals surface area contributed by atoms with Crippen molar-refractivity contribution in [2.24, 2.45) is 0 Å². The van der Waals surface area contributed by atoms with Crippen LogP contribution in [0, 0.1) is 5.82 Å². The molecule has 0 saturated heterocycles. The Balaban J connectivity index is 1.69. The third-order valence-corrected chi connectivity index (χ3v) is 4.10. The normalized spacial score (nSPS) is 14.8. The molecule has 0 fully saturated rings. The number of aryl methyl sites for hydroxylation is 2. The molecule has 114 valence electrons. The van der Waals surface area contributed by atoms with E-state index in [0.29, 0.717) is 12.8 Å². The number of nitrogens with one attached hydrogen (secondary N) is 1. The van der Waals surface area contributed by atoms with Crippen molar-refractivity contribution in [2.75, 3.05) is 11.9 Å².